The highest BCUT2D eigenvalue weighted by atomic mass is 16.5. The van der Waals surface area contributed by atoms with Gasteiger partial charge in [0.2, 0.25) is 0 Å². The minimum absolute atomic E-state index is 0.294. The van der Waals surface area contributed by atoms with Crippen LogP contribution in [0.2, 0.25) is 0 Å². The first-order chi connectivity index (χ1) is 7.18. The number of carbonyl (C=O) groups is 1. The van der Waals surface area contributed by atoms with Gasteiger partial charge in [0.1, 0.15) is 0 Å². The number of hydrogen-bond acceptors (Lipinski definition) is 3. The van der Waals surface area contributed by atoms with Gasteiger partial charge in [-0.3, -0.25) is 0 Å². The second-order valence-electron chi connectivity index (χ2n) is 3.59. The maximum atomic E-state index is 11.0. The van der Waals surface area contributed by atoms with Crippen molar-refractivity contribution in [2.45, 2.75) is 39.5 Å². The zero-order valence-corrected chi connectivity index (χ0v) is 9.88. The highest BCUT2D eigenvalue weighted by molar-refractivity contribution is 5.86. The average Bonchev–Trinajstić information content (AvgIpc) is 2.21. The molecule has 0 aliphatic carbocycles. The molecule has 15 heavy (non-hydrogen) atoms. The zero-order valence-electron chi connectivity index (χ0n) is 9.88. The molecule has 0 aromatic carbocycles. The van der Waals surface area contributed by atoms with Crippen molar-refractivity contribution in [3.8, 4) is 0 Å². The van der Waals surface area contributed by atoms with E-state index in [0.29, 0.717) is 12.2 Å². The molecule has 0 saturated heterocycles. The summed E-state index contributed by atoms with van der Waals surface area (Å²) in [6, 6.07) is 0. The maximum absolute atomic E-state index is 11.0. The van der Waals surface area contributed by atoms with Crippen molar-refractivity contribution in [3.05, 3.63) is 12.2 Å². The van der Waals surface area contributed by atoms with Gasteiger partial charge in [0.25, 0.3) is 0 Å². The Balaban J connectivity index is 3.11. The van der Waals surface area contributed by atoms with Crippen molar-refractivity contribution in [2.75, 3.05) is 19.8 Å². The number of ether oxygens (including phenoxy) is 2. The molecule has 0 unspecified atom stereocenters. The maximum Gasteiger partial charge on any atom is 0.333 e. The lowest BCUT2D eigenvalue weighted by molar-refractivity contribution is -0.139. The molecule has 0 atom stereocenters. The van der Waals surface area contributed by atoms with Crippen LogP contribution in [0.3, 0.4) is 0 Å². The number of hydrogen-bond donors (Lipinski definition) is 0. The second-order valence-corrected chi connectivity index (χ2v) is 3.59. The largest absolute Gasteiger partial charge is 0.462 e. The monoisotopic (exact) mass is 214 g/mol. The predicted octanol–water partition coefficient (Wildman–Crippen LogP) is 2.70. The standard InChI is InChI=1S/C12H22O3/c1-4-8-14-9-6-5-7-10-15-12(13)11(2)3/h2,4-10H2,1,3H3. The molecule has 0 spiro atoms. The summed E-state index contributed by atoms with van der Waals surface area (Å²) in [5.74, 6) is -0.294. The molecule has 0 aromatic rings. The van der Waals surface area contributed by atoms with E-state index in [1.54, 1.807) is 6.92 Å². The van der Waals surface area contributed by atoms with Crippen molar-refractivity contribution >= 4 is 5.97 Å². The Labute approximate surface area is 92.5 Å². The van der Waals surface area contributed by atoms with E-state index in [9.17, 15) is 4.79 Å². The van der Waals surface area contributed by atoms with Gasteiger partial charge in [-0.25, -0.2) is 4.79 Å². The van der Waals surface area contributed by atoms with Gasteiger partial charge < -0.3 is 9.47 Å². The molecular weight excluding hydrogens is 192 g/mol. The highest BCUT2D eigenvalue weighted by Gasteiger charge is 2.01. The summed E-state index contributed by atoms with van der Waals surface area (Å²) in [7, 11) is 0. The highest BCUT2D eigenvalue weighted by Crippen LogP contribution is 1.99. The Hall–Kier alpha value is -0.830. The van der Waals surface area contributed by atoms with Crippen LogP contribution in [0, 0.1) is 0 Å². The molecule has 0 fully saturated rings. The first kappa shape index (κ1) is 14.2. The molecule has 0 radical (unpaired) electrons. The van der Waals surface area contributed by atoms with Crippen LogP contribution in [0.5, 0.6) is 0 Å². The Morgan fingerprint density at radius 1 is 1.13 bits per heavy atom. The van der Waals surface area contributed by atoms with Crippen molar-refractivity contribution in [1.29, 1.82) is 0 Å². The van der Waals surface area contributed by atoms with E-state index in [4.69, 9.17) is 9.47 Å². The van der Waals surface area contributed by atoms with Gasteiger partial charge in [0.15, 0.2) is 0 Å². The summed E-state index contributed by atoms with van der Waals surface area (Å²) in [6.07, 6.45) is 4.03. The van der Waals surface area contributed by atoms with Gasteiger partial charge in [-0.2, -0.15) is 0 Å². The van der Waals surface area contributed by atoms with Gasteiger partial charge in [0.05, 0.1) is 6.61 Å². The normalized spacial score (nSPS) is 10.0. The summed E-state index contributed by atoms with van der Waals surface area (Å²) in [6.45, 7) is 9.39. The Bertz CT molecular complexity index is 187. The number of rotatable bonds is 9. The molecule has 0 bridgehead atoms. The molecule has 3 nitrogen and oxygen atoms in total. The third-order valence-electron chi connectivity index (χ3n) is 1.86. The predicted molar refractivity (Wildman–Crippen MR) is 60.7 cm³/mol. The summed E-state index contributed by atoms with van der Waals surface area (Å²) in [5.41, 5.74) is 0.460. The lowest BCUT2D eigenvalue weighted by Gasteiger charge is -2.04. The second kappa shape index (κ2) is 9.71. The topological polar surface area (TPSA) is 35.5 Å². The molecule has 0 rings (SSSR count). The average molecular weight is 214 g/mol. The van der Waals surface area contributed by atoms with Gasteiger partial charge in [-0.05, 0) is 32.6 Å². The summed E-state index contributed by atoms with van der Waals surface area (Å²) in [4.78, 5) is 11.0. The molecule has 88 valence electrons. The quantitative estimate of drug-likeness (QED) is 0.336. The van der Waals surface area contributed by atoms with E-state index in [-0.39, 0.29) is 5.97 Å². The van der Waals surface area contributed by atoms with E-state index in [1.165, 1.54) is 0 Å². The summed E-state index contributed by atoms with van der Waals surface area (Å²) in [5, 5.41) is 0. The molecule has 0 aliphatic heterocycles. The Morgan fingerprint density at radius 3 is 2.40 bits per heavy atom. The first-order valence-corrected chi connectivity index (χ1v) is 5.58. The summed E-state index contributed by atoms with van der Waals surface area (Å²) < 4.78 is 10.3. The van der Waals surface area contributed by atoms with E-state index in [1.807, 2.05) is 0 Å². The molecule has 0 aromatic heterocycles. The summed E-state index contributed by atoms with van der Waals surface area (Å²) >= 11 is 0. The minimum atomic E-state index is -0.294. The van der Waals surface area contributed by atoms with Crippen LogP contribution in [0.1, 0.15) is 39.5 Å². The van der Waals surface area contributed by atoms with Crippen LogP contribution in [-0.2, 0) is 14.3 Å². The number of carbonyl (C=O) groups excluding carboxylic acids is 1. The van der Waals surface area contributed by atoms with Gasteiger partial charge in [-0.15, -0.1) is 0 Å². The SMILES string of the molecule is C=C(C)C(=O)OCCCCCOCCC. The lowest BCUT2D eigenvalue weighted by Crippen LogP contribution is -2.06. The fourth-order valence-corrected chi connectivity index (χ4v) is 1.02. The van der Waals surface area contributed by atoms with E-state index in [0.717, 1.165) is 38.9 Å². The lowest BCUT2D eigenvalue weighted by atomic mass is 10.2. The third-order valence-corrected chi connectivity index (χ3v) is 1.86. The van der Waals surface area contributed by atoms with Crippen molar-refractivity contribution < 1.29 is 14.3 Å². The van der Waals surface area contributed by atoms with Crippen molar-refractivity contribution in [3.63, 3.8) is 0 Å². The molecule has 0 N–H and O–H groups in total. The fourth-order valence-electron chi connectivity index (χ4n) is 1.02. The van der Waals surface area contributed by atoms with Gasteiger partial charge in [0, 0.05) is 18.8 Å². The van der Waals surface area contributed by atoms with Crippen LogP contribution in [0.4, 0.5) is 0 Å². The third kappa shape index (κ3) is 9.47. The smallest absolute Gasteiger partial charge is 0.333 e. The molecule has 0 heterocycles. The van der Waals surface area contributed by atoms with Crippen LogP contribution >= 0.6 is 0 Å². The van der Waals surface area contributed by atoms with Gasteiger partial charge in [-0.1, -0.05) is 13.5 Å². The Morgan fingerprint density at radius 2 is 1.80 bits per heavy atom. The van der Waals surface area contributed by atoms with Crippen molar-refractivity contribution in [2.24, 2.45) is 0 Å². The fraction of sp³-hybridized carbons (Fsp3) is 0.750. The van der Waals surface area contributed by atoms with Crippen LogP contribution < -0.4 is 0 Å². The molecular formula is C12H22O3. The van der Waals surface area contributed by atoms with E-state index in [2.05, 4.69) is 13.5 Å². The molecule has 3 heteroatoms. The minimum Gasteiger partial charge on any atom is -0.462 e. The van der Waals surface area contributed by atoms with Gasteiger partial charge >= 0.3 is 5.97 Å². The van der Waals surface area contributed by atoms with Crippen LogP contribution in [0.25, 0.3) is 0 Å². The van der Waals surface area contributed by atoms with E-state index < -0.39 is 0 Å². The Kier molecular flexibility index (Phi) is 9.18. The van der Waals surface area contributed by atoms with Crippen molar-refractivity contribution in [1.82, 2.24) is 0 Å². The first-order valence-electron chi connectivity index (χ1n) is 5.58. The number of unbranched alkanes of at least 4 members (excludes halogenated alkanes) is 2. The van der Waals surface area contributed by atoms with Crippen LogP contribution in [-0.4, -0.2) is 25.8 Å². The molecule has 0 amide bonds. The van der Waals surface area contributed by atoms with E-state index >= 15 is 0 Å². The number of esters is 1. The molecule has 0 saturated carbocycles. The van der Waals surface area contributed by atoms with Crippen LogP contribution in [0.15, 0.2) is 12.2 Å². The zero-order chi connectivity index (χ0) is 11.5. The molecule has 0 aliphatic rings.